The number of piperazine rings is 1. The van der Waals surface area contributed by atoms with Crippen LogP contribution >= 0.6 is 11.6 Å². The quantitative estimate of drug-likeness (QED) is 0.0943. The van der Waals surface area contributed by atoms with Crippen LogP contribution in [-0.2, 0) is 39.0 Å². The van der Waals surface area contributed by atoms with Crippen molar-refractivity contribution >= 4 is 90.0 Å². The average molecular weight is 967 g/mol. The maximum Gasteiger partial charge on any atom is 0.329 e. The van der Waals surface area contributed by atoms with Gasteiger partial charge in [-0.25, -0.2) is 18.2 Å². The number of ether oxygens (including phenoxy) is 1. The number of piperidine rings is 2. The van der Waals surface area contributed by atoms with Crippen LogP contribution in [0.25, 0.3) is 22.1 Å². The first-order valence-corrected chi connectivity index (χ1v) is 25.4. The number of rotatable bonds is 15. The number of imidazole rings is 1. The van der Waals surface area contributed by atoms with E-state index in [-0.39, 0.29) is 40.5 Å². The number of halogens is 1. The Labute approximate surface area is 399 Å². The van der Waals surface area contributed by atoms with E-state index in [4.69, 9.17) is 16.3 Å². The molecule has 0 saturated carbocycles. The number of amides is 2. The normalized spacial score (nSPS) is 17.7. The van der Waals surface area contributed by atoms with Crippen molar-refractivity contribution in [2.75, 3.05) is 79.4 Å². The zero-order valence-corrected chi connectivity index (χ0v) is 40.2. The maximum atomic E-state index is 13.7. The molecule has 9 rings (SSSR count). The average Bonchev–Trinajstić information content (AvgIpc) is 3.63. The van der Waals surface area contributed by atoms with Gasteiger partial charge in [-0.2, -0.15) is 4.98 Å². The smallest absolute Gasteiger partial charge is 0.329 e. The lowest BCUT2D eigenvalue weighted by Crippen LogP contribution is -2.53. The van der Waals surface area contributed by atoms with Gasteiger partial charge in [-0.3, -0.25) is 43.6 Å². The van der Waals surface area contributed by atoms with Crippen molar-refractivity contribution in [2.24, 2.45) is 0 Å². The minimum Gasteiger partial charge on any atom is -0.494 e. The highest BCUT2D eigenvalue weighted by atomic mass is 35.5. The molecule has 1 atom stereocenters. The molecule has 3 saturated heterocycles. The van der Waals surface area contributed by atoms with E-state index >= 15 is 0 Å². The first-order chi connectivity index (χ1) is 32.8. The van der Waals surface area contributed by atoms with Crippen molar-refractivity contribution < 1.29 is 22.7 Å². The van der Waals surface area contributed by atoms with E-state index in [9.17, 15) is 22.8 Å². The van der Waals surface area contributed by atoms with Crippen molar-refractivity contribution in [3.63, 3.8) is 0 Å². The molecule has 68 heavy (non-hydrogen) atoms. The third kappa shape index (κ3) is 9.67. The van der Waals surface area contributed by atoms with Gasteiger partial charge >= 0.3 is 5.69 Å². The number of anilines is 6. The lowest BCUT2D eigenvalue weighted by Gasteiger charge is -2.43. The monoisotopic (exact) mass is 965 g/mol. The van der Waals surface area contributed by atoms with Gasteiger partial charge in [-0.05, 0) is 74.4 Å². The van der Waals surface area contributed by atoms with E-state index < -0.39 is 22.0 Å². The summed E-state index contributed by atoms with van der Waals surface area (Å²) in [5.41, 5.74) is 6.94. The highest BCUT2D eigenvalue weighted by Crippen LogP contribution is 2.38. The van der Waals surface area contributed by atoms with Gasteiger partial charge in [0.25, 0.3) is 0 Å². The van der Waals surface area contributed by atoms with Crippen LogP contribution in [0.4, 0.5) is 34.5 Å². The van der Waals surface area contributed by atoms with E-state index in [1.165, 1.54) is 18.6 Å². The number of benzene rings is 3. The Kier molecular flexibility index (Phi) is 13.5. The Morgan fingerprint density at radius 1 is 0.897 bits per heavy atom. The van der Waals surface area contributed by atoms with Crippen molar-refractivity contribution in [1.82, 2.24) is 44.2 Å². The second-order valence-electron chi connectivity index (χ2n) is 17.5. The zero-order valence-electron chi connectivity index (χ0n) is 38.6. The third-order valence-corrected chi connectivity index (χ3v) is 14.1. The number of aromatic nitrogens is 6. The summed E-state index contributed by atoms with van der Waals surface area (Å²) in [6.07, 6.45) is 9.76. The van der Waals surface area contributed by atoms with Crippen LogP contribution in [0, 0.1) is 0 Å². The van der Waals surface area contributed by atoms with Crippen LogP contribution in [0.1, 0.15) is 56.7 Å². The molecule has 21 heteroatoms. The molecular weight excluding hydrogens is 910 g/mol. The molecule has 0 bridgehead atoms. The number of sulfonamides is 1. The van der Waals surface area contributed by atoms with Crippen LogP contribution in [-0.4, -0.2) is 124 Å². The van der Waals surface area contributed by atoms with Gasteiger partial charge in [0.2, 0.25) is 27.8 Å². The van der Waals surface area contributed by atoms with Crippen LogP contribution in [0.15, 0.2) is 65.8 Å². The standard InChI is InChI=1S/C47H56ClN13O6S/c1-5-29-26-35(53-46-51-28-32(48)44(55-46)52-34-11-10-33-41(50-18-17-49-33)42(34)56-68(4,65)66)39(67-3)27-38(29)59-20-15-31(16-21-59)58-24-22-57(23-25-58)19-14-30-8-7-9-36-43(30)60(6-2)47(64)61(36)37-12-13-40(62)54-45(37)63/h7-11,17-18,26-28,31,37,56H,5-6,12-16,19-25H2,1-4H3,(H,54,62,63)(H2,51,52,53,55). The summed E-state index contributed by atoms with van der Waals surface area (Å²) >= 11 is 6.58. The molecule has 19 nitrogen and oxygen atoms in total. The van der Waals surface area contributed by atoms with Crippen molar-refractivity contribution in [3.8, 4) is 5.75 Å². The molecule has 2 amide bonds. The summed E-state index contributed by atoms with van der Waals surface area (Å²) in [5.74, 6) is 0.422. The van der Waals surface area contributed by atoms with Crippen molar-refractivity contribution in [2.45, 2.75) is 71.0 Å². The molecule has 358 valence electrons. The molecule has 3 aromatic carbocycles. The fourth-order valence-electron chi connectivity index (χ4n) is 9.89. The number of fused-ring (bicyclic) bond motifs is 2. The summed E-state index contributed by atoms with van der Waals surface area (Å²) in [7, 11) is -2.04. The molecule has 6 heterocycles. The van der Waals surface area contributed by atoms with Crippen LogP contribution < -0.4 is 36.0 Å². The molecule has 3 aliphatic heterocycles. The number of carbonyl (C=O) groups is 2. The molecule has 0 spiro atoms. The van der Waals surface area contributed by atoms with Gasteiger partial charge in [0.1, 0.15) is 22.3 Å². The van der Waals surface area contributed by atoms with Gasteiger partial charge < -0.3 is 25.2 Å². The third-order valence-electron chi connectivity index (χ3n) is 13.3. The van der Waals surface area contributed by atoms with Crippen molar-refractivity contribution in [1.29, 1.82) is 0 Å². The van der Waals surface area contributed by atoms with Crippen LogP contribution in [0.3, 0.4) is 0 Å². The summed E-state index contributed by atoms with van der Waals surface area (Å²) < 4.78 is 36.5. The fraction of sp³-hybridized carbons (Fsp3) is 0.426. The number of hydrogen-bond acceptors (Lipinski definition) is 15. The van der Waals surface area contributed by atoms with E-state index in [2.05, 4.69) is 80.4 Å². The van der Waals surface area contributed by atoms with Gasteiger partial charge in [0.05, 0.1) is 53.2 Å². The number of nitrogens with one attached hydrogen (secondary N) is 4. The van der Waals surface area contributed by atoms with E-state index in [1.54, 1.807) is 28.4 Å². The molecule has 6 aromatic rings. The molecule has 3 aliphatic rings. The predicted molar refractivity (Wildman–Crippen MR) is 264 cm³/mol. The van der Waals surface area contributed by atoms with Gasteiger partial charge in [0, 0.05) is 89.0 Å². The fourth-order valence-corrected chi connectivity index (χ4v) is 10.6. The SMILES string of the molecule is CCc1cc(Nc2ncc(Cl)c(Nc3ccc4nccnc4c3NS(C)(=O)=O)n2)c(OC)cc1N1CCC(N2CCN(CCc3cccc4c3n(CC)c(=O)n4C3CCC(=O)NC3=O)CC2)CC1. The minimum atomic E-state index is -3.68. The predicted octanol–water partition coefficient (Wildman–Crippen LogP) is 5.45. The van der Waals surface area contributed by atoms with E-state index in [0.29, 0.717) is 47.2 Å². The number of hydrogen-bond donors (Lipinski definition) is 4. The maximum absolute atomic E-state index is 13.7. The zero-order chi connectivity index (χ0) is 47.7. The Balaban J connectivity index is 0.821. The first-order valence-electron chi connectivity index (χ1n) is 23.1. The highest BCUT2D eigenvalue weighted by molar-refractivity contribution is 7.92. The summed E-state index contributed by atoms with van der Waals surface area (Å²) in [5, 5.41) is 9.11. The van der Waals surface area contributed by atoms with Crippen molar-refractivity contribution in [3.05, 3.63) is 87.7 Å². The second kappa shape index (κ2) is 19.7. The number of methoxy groups -OCH3 is 1. The highest BCUT2D eigenvalue weighted by Gasteiger charge is 2.33. The van der Waals surface area contributed by atoms with Gasteiger partial charge in [0.15, 0.2) is 5.82 Å². The molecule has 4 N–H and O–H groups in total. The lowest BCUT2D eigenvalue weighted by molar-refractivity contribution is -0.135. The molecule has 3 fully saturated rings. The molecule has 0 aliphatic carbocycles. The van der Waals surface area contributed by atoms with Crippen LogP contribution in [0.2, 0.25) is 5.02 Å². The Hall–Kier alpha value is -6.35. The molecule has 0 radical (unpaired) electrons. The van der Waals surface area contributed by atoms with Crippen LogP contribution in [0.5, 0.6) is 5.75 Å². The molecule has 3 aromatic heterocycles. The van der Waals surface area contributed by atoms with E-state index in [1.807, 2.05) is 19.1 Å². The Morgan fingerprint density at radius 2 is 1.68 bits per heavy atom. The molecule has 1 unspecified atom stereocenters. The first kappa shape index (κ1) is 46.7. The number of aryl methyl sites for hydroxylation is 2. The summed E-state index contributed by atoms with van der Waals surface area (Å²) in [6, 6.07) is 13.3. The molecular formula is C47H56ClN13O6S. The van der Waals surface area contributed by atoms with E-state index in [0.717, 1.165) is 106 Å². The summed E-state index contributed by atoms with van der Waals surface area (Å²) in [6.45, 7) is 11.2. The minimum absolute atomic E-state index is 0.213. The number of para-hydroxylation sites is 1. The Bertz CT molecular complexity index is 3060. The Morgan fingerprint density at radius 3 is 2.40 bits per heavy atom. The largest absolute Gasteiger partial charge is 0.494 e. The number of nitrogens with zero attached hydrogens (tertiary/aromatic N) is 9. The topological polar surface area (TPSA) is 214 Å². The lowest BCUT2D eigenvalue weighted by atomic mass is 9.99. The van der Waals surface area contributed by atoms with Gasteiger partial charge in [-0.15, -0.1) is 0 Å². The number of carbonyl (C=O) groups excluding carboxylic acids is 2. The second-order valence-corrected chi connectivity index (χ2v) is 19.6. The summed E-state index contributed by atoms with van der Waals surface area (Å²) in [4.78, 5) is 63.7. The van der Waals surface area contributed by atoms with Gasteiger partial charge in [-0.1, -0.05) is 30.7 Å². The number of imide groups is 1.